The molecule has 6 heteroatoms. The minimum atomic E-state index is -1.65. The van der Waals surface area contributed by atoms with Gasteiger partial charge >= 0.3 is 0 Å². The lowest BCUT2D eigenvalue weighted by atomic mass is 10.7. The second-order valence-electron chi connectivity index (χ2n) is 6.23. The highest BCUT2D eigenvalue weighted by atomic mass is 28.4. The third-order valence-electron chi connectivity index (χ3n) is 5.23. The van der Waals surface area contributed by atoms with Gasteiger partial charge in [-0.1, -0.05) is 48.5 Å². The Balaban J connectivity index is 5.01. The van der Waals surface area contributed by atoms with E-state index in [2.05, 4.69) is 48.5 Å². The Morgan fingerprint density at radius 1 is 0.682 bits per heavy atom. The van der Waals surface area contributed by atoms with Crippen molar-refractivity contribution in [2.75, 3.05) is 6.61 Å². The van der Waals surface area contributed by atoms with Gasteiger partial charge in [0.25, 0.3) is 0 Å². The van der Waals surface area contributed by atoms with E-state index in [0.29, 0.717) is 6.61 Å². The first-order chi connectivity index (χ1) is 10.5. The standard InChI is InChI=1S/C16H40O3Si3/c1-8-20-17-15-16(18-21(9-2,10-3)11-4)19-22(12-5,13-6)14-7/h16H,8-15,20H2,1-7H3. The van der Waals surface area contributed by atoms with Crippen molar-refractivity contribution >= 4 is 26.4 Å². The van der Waals surface area contributed by atoms with Crippen molar-refractivity contribution in [1.82, 2.24) is 0 Å². The number of hydrogen-bond acceptors (Lipinski definition) is 3. The molecule has 0 saturated heterocycles. The summed E-state index contributed by atoms with van der Waals surface area (Å²) in [5.74, 6) is 0. The van der Waals surface area contributed by atoms with Crippen LogP contribution in [0.1, 0.15) is 48.5 Å². The number of rotatable bonds is 14. The lowest BCUT2D eigenvalue weighted by Crippen LogP contribution is -2.48. The molecule has 0 aromatic heterocycles. The zero-order chi connectivity index (χ0) is 17.1. The van der Waals surface area contributed by atoms with Crippen molar-refractivity contribution < 1.29 is 13.3 Å². The molecule has 0 fully saturated rings. The van der Waals surface area contributed by atoms with Crippen molar-refractivity contribution in [3.63, 3.8) is 0 Å². The van der Waals surface area contributed by atoms with Crippen molar-refractivity contribution in [3.05, 3.63) is 0 Å². The molecule has 0 aliphatic heterocycles. The maximum absolute atomic E-state index is 6.64. The molecule has 0 bridgehead atoms. The first-order valence-corrected chi connectivity index (χ1v) is 16.1. The van der Waals surface area contributed by atoms with E-state index in [1.807, 2.05) is 0 Å². The third kappa shape index (κ3) is 6.97. The van der Waals surface area contributed by atoms with Crippen LogP contribution in [0.15, 0.2) is 0 Å². The fourth-order valence-corrected chi connectivity index (χ4v) is 9.07. The highest BCUT2D eigenvalue weighted by Crippen LogP contribution is 2.28. The van der Waals surface area contributed by atoms with Crippen LogP contribution in [0.2, 0.25) is 42.3 Å². The molecule has 0 radical (unpaired) electrons. The smallest absolute Gasteiger partial charge is 0.195 e. The molecule has 0 spiro atoms. The summed E-state index contributed by atoms with van der Waals surface area (Å²) >= 11 is 0. The van der Waals surface area contributed by atoms with Gasteiger partial charge < -0.3 is 13.3 Å². The van der Waals surface area contributed by atoms with Gasteiger partial charge in [-0.15, -0.1) is 0 Å². The summed E-state index contributed by atoms with van der Waals surface area (Å²) < 4.78 is 19.2. The van der Waals surface area contributed by atoms with Crippen LogP contribution in [0.4, 0.5) is 0 Å². The molecule has 0 saturated carbocycles. The molecule has 0 aromatic carbocycles. The van der Waals surface area contributed by atoms with Crippen LogP contribution in [0, 0.1) is 0 Å². The quantitative estimate of drug-likeness (QED) is 0.249. The highest BCUT2D eigenvalue weighted by Gasteiger charge is 2.37. The van der Waals surface area contributed by atoms with Crippen LogP contribution in [-0.2, 0) is 13.3 Å². The summed E-state index contributed by atoms with van der Waals surface area (Å²) in [4.78, 5) is 0. The minimum absolute atomic E-state index is 0.114. The van der Waals surface area contributed by atoms with Gasteiger partial charge in [-0.25, -0.2) is 0 Å². The lowest BCUT2D eigenvalue weighted by molar-refractivity contribution is -0.0439. The van der Waals surface area contributed by atoms with E-state index in [1.165, 1.54) is 42.3 Å². The molecule has 134 valence electrons. The molecule has 0 amide bonds. The maximum atomic E-state index is 6.64. The van der Waals surface area contributed by atoms with E-state index < -0.39 is 26.4 Å². The second kappa shape index (κ2) is 12.0. The molecule has 0 heterocycles. The predicted molar refractivity (Wildman–Crippen MR) is 105 cm³/mol. The maximum Gasteiger partial charge on any atom is 0.195 e. The van der Waals surface area contributed by atoms with Gasteiger partial charge in [0, 0.05) is 0 Å². The van der Waals surface area contributed by atoms with E-state index in [0.717, 1.165) is 0 Å². The van der Waals surface area contributed by atoms with Crippen LogP contribution in [0.5, 0.6) is 0 Å². The molecular formula is C16H40O3Si3. The van der Waals surface area contributed by atoms with E-state index in [9.17, 15) is 0 Å². The Morgan fingerprint density at radius 3 is 1.32 bits per heavy atom. The van der Waals surface area contributed by atoms with Crippen LogP contribution in [-0.4, -0.2) is 39.3 Å². The SMILES string of the molecule is CC[SiH2]OCC(O[Si](CC)(CC)CC)O[Si](CC)(CC)CC. The fraction of sp³-hybridized carbons (Fsp3) is 1.00. The first kappa shape index (κ1) is 22.5. The summed E-state index contributed by atoms with van der Waals surface area (Å²) in [5.41, 5.74) is 0. The van der Waals surface area contributed by atoms with Gasteiger partial charge in [-0.3, -0.25) is 0 Å². The molecule has 0 unspecified atom stereocenters. The summed E-state index contributed by atoms with van der Waals surface area (Å²) in [6, 6.07) is 8.21. The summed E-state index contributed by atoms with van der Waals surface area (Å²) in [6.45, 7) is 16.5. The van der Waals surface area contributed by atoms with Crippen LogP contribution < -0.4 is 0 Å². The third-order valence-corrected chi connectivity index (χ3v) is 15.4. The second-order valence-corrected chi connectivity index (χ2v) is 17.5. The predicted octanol–water partition coefficient (Wildman–Crippen LogP) is 4.89. The Kier molecular flexibility index (Phi) is 12.3. The lowest BCUT2D eigenvalue weighted by Gasteiger charge is -2.38. The van der Waals surface area contributed by atoms with Gasteiger partial charge in [0.15, 0.2) is 32.7 Å². The Bertz CT molecular complexity index is 231. The van der Waals surface area contributed by atoms with Crippen molar-refractivity contribution in [2.24, 2.45) is 0 Å². The average Bonchev–Trinajstić information content (AvgIpc) is 2.57. The minimum Gasteiger partial charge on any atom is -0.419 e. The average molecular weight is 365 g/mol. The van der Waals surface area contributed by atoms with Crippen LogP contribution in [0.25, 0.3) is 0 Å². The van der Waals surface area contributed by atoms with Crippen LogP contribution >= 0.6 is 0 Å². The van der Waals surface area contributed by atoms with E-state index in [1.54, 1.807) is 0 Å². The van der Waals surface area contributed by atoms with Gasteiger partial charge in [-0.2, -0.15) is 0 Å². The van der Waals surface area contributed by atoms with E-state index >= 15 is 0 Å². The first-order valence-electron chi connectivity index (χ1n) is 9.44. The molecule has 0 atom stereocenters. The van der Waals surface area contributed by atoms with Crippen molar-refractivity contribution in [3.8, 4) is 0 Å². The molecule has 0 N–H and O–H groups in total. The summed E-state index contributed by atoms with van der Waals surface area (Å²) in [5, 5.41) is 0. The topological polar surface area (TPSA) is 27.7 Å². The molecule has 0 rings (SSSR count). The van der Waals surface area contributed by atoms with Crippen molar-refractivity contribution in [1.29, 1.82) is 0 Å². The normalized spacial score (nSPS) is 13.6. The fourth-order valence-electron chi connectivity index (χ4n) is 2.97. The molecule has 0 aromatic rings. The molecule has 3 nitrogen and oxygen atoms in total. The van der Waals surface area contributed by atoms with E-state index in [-0.39, 0.29) is 6.29 Å². The zero-order valence-electron chi connectivity index (χ0n) is 16.2. The summed E-state index contributed by atoms with van der Waals surface area (Å²) in [7, 11) is -3.69. The van der Waals surface area contributed by atoms with Crippen molar-refractivity contribution in [2.45, 2.75) is 97.1 Å². The Hall–Kier alpha value is 0.531. The molecular weight excluding hydrogens is 324 g/mol. The van der Waals surface area contributed by atoms with Gasteiger partial charge in [-0.05, 0) is 42.3 Å². The monoisotopic (exact) mass is 364 g/mol. The molecule has 0 aliphatic rings. The van der Waals surface area contributed by atoms with Gasteiger partial charge in [0.2, 0.25) is 0 Å². The van der Waals surface area contributed by atoms with Crippen LogP contribution in [0.3, 0.4) is 0 Å². The van der Waals surface area contributed by atoms with Gasteiger partial charge in [0.1, 0.15) is 0 Å². The van der Waals surface area contributed by atoms with E-state index in [4.69, 9.17) is 13.3 Å². The van der Waals surface area contributed by atoms with Gasteiger partial charge in [0.05, 0.1) is 6.61 Å². The Morgan fingerprint density at radius 2 is 1.05 bits per heavy atom. The Labute approximate surface area is 143 Å². The largest absolute Gasteiger partial charge is 0.419 e. The number of hydrogen-bond donors (Lipinski definition) is 0. The highest BCUT2D eigenvalue weighted by molar-refractivity contribution is 6.74. The zero-order valence-corrected chi connectivity index (χ0v) is 19.6. The molecule has 0 aliphatic carbocycles. The molecule has 22 heavy (non-hydrogen) atoms. The summed E-state index contributed by atoms with van der Waals surface area (Å²) in [6.07, 6.45) is -0.114.